The third-order valence-electron chi connectivity index (χ3n) is 2.96. The Labute approximate surface area is 119 Å². The third kappa shape index (κ3) is 2.17. The van der Waals surface area contributed by atoms with E-state index in [-0.39, 0.29) is 5.69 Å². The first-order chi connectivity index (χ1) is 9.65. The van der Waals surface area contributed by atoms with Crippen molar-refractivity contribution >= 4 is 28.8 Å². The second-order valence-corrected chi connectivity index (χ2v) is 4.63. The molecule has 0 aliphatic heterocycles. The summed E-state index contributed by atoms with van der Waals surface area (Å²) in [5.41, 5.74) is 1.65. The molecule has 0 saturated heterocycles. The highest BCUT2D eigenvalue weighted by Crippen LogP contribution is 2.23. The minimum atomic E-state index is -0.445. The number of nitro groups is 1. The number of aromatic amines is 1. The van der Waals surface area contributed by atoms with Crippen LogP contribution in [0.5, 0.6) is 0 Å². The third-order valence-corrected chi connectivity index (χ3v) is 3.27. The Morgan fingerprint density at radius 2 is 1.90 bits per heavy atom. The quantitative estimate of drug-likeness (QED) is 0.440. The van der Waals surface area contributed by atoms with Gasteiger partial charge in [0.05, 0.1) is 10.4 Å². The summed E-state index contributed by atoms with van der Waals surface area (Å²) in [6.07, 6.45) is 0. The summed E-state index contributed by atoms with van der Waals surface area (Å²) >= 11 is 5.23. The maximum atomic E-state index is 10.8. The molecule has 1 N–H and O–H groups in total. The fourth-order valence-electron chi connectivity index (χ4n) is 1.98. The van der Waals surface area contributed by atoms with E-state index in [4.69, 9.17) is 12.2 Å². The highest BCUT2D eigenvalue weighted by Gasteiger charge is 2.09. The van der Waals surface area contributed by atoms with E-state index < -0.39 is 4.92 Å². The predicted octanol–water partition coefficient (Wildman–Crippen LogP) is 3.87. The number of nitro benzene ring substituents is 1. The summed E-state index contributed by atoms with van der Waals surface area (Å²) in [6.45, 7) is 0. The zero-order valence-corrected chi connectivity index (χ0v) is 11.1. The smallest absolute Gasteiger partial charge is 0.270 e. The summed E-state index contributed by atoms with van der Waals surface area (Å²) in [7, 11) is 0. The molecule has 0 atom stereocenters. The van der Waals surface area contributed by atoms with Crippen molar-refractivity contribution in [2.45, 2.75) is 0 Å². The molecule has 2 aromatic carbocycles. The lowest BCUT2D eigenvalue weighted by Gasteiger charge is -2.04. The van der Waals surface area contributed by atoms with Crippen LogP contribution in [-0.2, 0) is 0 Å². The van der Waals surface area contributed by atoms with Crippen LogP contribution in [-0.4, -0.2) is 14.9 Å². The maximum Gasteiger partial charge on any atom is 0.270 e. The van der Waals surface area contributed by atoms with Gasteiger partial charge in [-0.1, -0.05) is 42.5 Å². The molecule has 0 fully saturated rings. The first-order valence-electron chi connectivity index (χ1n) is 5.89. The number of hydrogen-bond acceptors (Lipinski definition) is 4. The summed E-state index contributed by atoms with van der Waals surface area (Å²) in [6, 6.07) is 14.1. The Bertz CT molecular complexity index is 859. The lowest BCUT2D eigenvalue weighted by molar-refractivity contribution is -0.384. The largest absolute Gasteiger partial charge is 0.339 e. The van der Waals surface area contributed by atoms with Gasteiger partial charge in [0, 0.05) is 23.1 Å². The number of nitrogens with zero attached hydrogens (tertiary/aromatic N) is 2. The predicted molar refractivity (Wildman–Crippen MR) is 79.0 cm³/mol. The van der Waals surface area contributed by atoms with Gasteiger partial charge in [0.1, 0.15) is 10.5 Å². The minimum absolute atomic E-state index is 0.00580. The molecule has 0 unspecified atom stereocenters. The molecule has 5 nitrogen and oxygen atoms in total. The van der Waals surface area contributed by atoms with Crippen molar-refractivity contribution in [2.75, 3.05) is 0 Å². The number of fused-ring (bicyclic) bond motifs is 1. The van der Waals surface area contributed by atoms with E-state index in [0.29, 0.717) is 15.9 Å². The number of H-pyrrole nitrogens is 1. The molecule has 0 bridgehead atoms. The standard InChI is InChI=1S/C14H9N3O2S/c18-17(19)10-6-7-12-11(8-10)14(20)16-13(15-12)9-4-2-1-3-5-9/h1-8H,(H,15,16,20). The number of non-ortho nitro benzene ring substituents is 1. The molecule has 0 spiro atoms. The van der Waals surface area contributed by atoms with Gasteiger partial charge in [0.2, 0.25) is 0 Å². The molecular formula is C14H9N3O2S. The van der Waals surface area contributed by atoms with E-state index in [1.54, 1.807) is 6.07 Å². The zero-order chi connectivity index (χ0) is 14.1. The highest BCUT2D eigenvalue weighted by molar-refractivity contribution is 7.71. The van der Waals surface area contributed by atoms with Crippen LogP contribution < -0.4 is 0 Å². The normalized spacial score (nSPS) is 10.6. The molecule has 3 rings (SSSR count). The van der Waals surface area contributed by atoms with Crippen molar-refractivity contribution in [2.24, 2.45) is 0 Å². The van der Waals surface area contributed by atoms with E-state index in [0.717, 1.165) is 11.1 Å². The average Bonchev–Trinajstić information content (AvgIpc) is 2.47. The fourth-order valence-corrected chi connectivity index (χ4v) is 2.24. The lowest BCUT2D eigenvalue weighted by Crippen LogP contribution is -1.93. The molecule has 6 heteroatoms. The molecule has 0 radical (unpaired) electrons. The molecule has 3 aromatic rings. The van der Waals surface area contributed by atoms with Crippen molar-refractivity contribution in [3.63, 3.8) is 0 Å². The van der Waals surface area contributed by atoms with E-state index in [2.05, 4.69) is 9.97 Å². The van der Waals surface area contributed by atoms with E-state index in [9.17, 15) is 10.1 Å². The van der Waals surface area contributed by atoms with Gasteiger partial charge < -0.3 is 4.98 Å². The van der Waals surface area contributed by atoms with Crippen LogP contribution in [0.25, 0.3) is 22.3 Å². The molecule has 0 aliphatic rings. The zero-order valence-electron chi connectivity index (χ0n) is 10.2. The van der Waals surface area contributed by atoms with Gasteiger partial charge in [0.25, 0.3) is 5.69 Å². The Balaban J connectivity index is 2.24. The molecule has 0 aliphatic carbocycles. The summed E-state index contributed by atoms with van der Waals surface area (Å²) in [4.78, 5) is 17.8. The lowest BCUT2D eigenvalue weighted by atomic mass is 10.2. The van der Waals surface area contributed by atoms with E-state index >= 15 is 0 Å². The van der Waals surface area contributed by atoms with Gasteiger partial charge in [-0.05, 0) is 6.07 Å². The molecule has 0 amide bonds. The van der Waals surface area contributed by atoms with Crippen LogP contribution in [0.4, 0.5) is 5.69 Å². The topological polar surface area (TPSA) is 71.8 Å². The van der Waals surface area contributed by atoms with E-state index in [1.807, 2.05) is 30.3 Å². The second kappa shape index (κ2) is 4.82. The number of aromatic nitrogens is 2. The molecular weight excluding hydrogens is 274 g/mol. The first kappa shape index (κ1) is 12.4. The van der Waals surface area contributed by atoms with Gasteiger partial charge in [-0.2, -0.15) is 0 Å². The van der Waals surface area contributed by atoms with E-state index in [1.165, 1.54) is 12.1 Å². The van der Waals surface area contributed by atoms with Crippen LogP contribution >= 0.6 is 12.2 Å². The van der Waals surface area contributed by atoms with Gasteiger partial charge in [-0.15, -0.1) is 0 Å². The van der Waals surface area contributed by atoms with Crippen LogP contribution in [0.3, 0.4) is 0 Å². The van der Waals surface area contributed by atoms with Gasteiger partial charge in [-0.3, -0.25) is 10.1 Å². The van der Waals surface area contributed by atoms with Crippen LogP contribution in [0.2, 0.25) is 0 Å². The van der Waals surface area contributed by atoms with Crippen molar-refractivity contribution in [1.29, 1.82) is 0 Å². The molecule has 20 heavy (non-hydrogen) atoms. The SMILES string of the molecule is O=[N+]([O-])c1ccc2[nH]c(-c3ccccc3)nc(=S)c2c1. The summed E-state index contributed by atoms with van der Waals surface area (Å²) in [5, 5.41) is 11.4. The van der Waals surface area contributed by atoms with Crippen molar-refractivity contribution in [3.8, 4) is 11.4 Å². The molecule has 1 aromatic heterocycles. The average molecular weight is 283 g/mol. The van der Waals surface area contributed by atoms with Crippen LogP contribution in [0, 0.1) is 14.8 Å². The minimum Gasteiger partial charge on any atom is -0.339 e. The monoisotopic (exact) mass is 283 g/mol. The van der Waals surface area contributed by atoms with Crippen molar-refractivity contribution in [3.05, 3.63) is 63.3 Å². The number of benzene rings is 2. The Hall–Kier alpha value is -2.60. The second-order valence-electron chi connectivity index (χ2n) is 4.24. The highest BCUT2D eigenvalue weighted by atomic mass is 32.1. The van der Waals surface area contributed by atoms with Crippen molar-refractivity contribution in [1.82, 2.24) is 9.97 Å². The number of nitrogens with one attached hydrogen (secondary N) is 1. The first-order valence-corrected chi connectivity index (χ1v) is 6.30. The molecule has 0 saturated carbocycles. The molecule has 98 valence electrons. The maximum absolute atomic E-state index is 10.8. The Morgan fingerprint density at radius 3 is 2.60 bits per heavy atom. The fraction of sp³-hybridized carbons (Fsp3) is 0. The van der Waals surface area contributed by atoms with Crippen LogP contribution in [0.15, 0.2) is 48.5 Å². The number of rotatable bonds is 2. The van der Waals surface area contributed by atoms with Gasteiger partial charge >= 0.3 is 0 Å². The summed E-state index contributed by atoms with van der Waals surface area (Å²) in [5.74, 6) is 0.650. The Morgan fingerprint density at radius 1 is 1.15 bits per heavy atom. The number of hydrogen-bond donors (Lipinski definition) is 1. The van der Waals surface area contributed by atoms with Gasteiger partial charge in [-0.25, -0.2) is 4.98 Å². The van der Waals surface area contributed by atoms with Crippen LogP contribution in [0.1, 0.15) is 0 Å². The summed E-state index contributed by atoms with van der Waals surface area (Å²) < 4.78 is 0.348. The van der Waals surface area contributed by atoms with Crippen molar-refractivity contribution < 1.29 is 4.92 Å². The van der Waals surface area contributed by atoms with Gasteiger partial charge in [0.15, 0.2) is 0 Å². The Kier molecular flexibility index (Phi) is 3.00. The molecule has 1 heterocycles.